The number of nitrogens with one attached hydrogen (secondary N) is 1. The number of pyridine rings is 1. The molecule has 0 radical (unpaired) electrons. The minimum atomic E-state index is -0.376. The Morgan fingerprint density at radius 2 is 2.14 bits per heavy atom. The fraction of sp³-hybridized carbons (Fsp3) is 0.667. The fourth-order valence-corrected chi connectivity index (χ4v) is 4.62. The van der Waals surface area contributed by atoms with Crippen LogP contribution in [-0.4, -0.2) is 77.3 Å². The third-order valence-corrected chi connectivity index (χ3v) is 6.95. The van der Waals surface area contributed by atoms with E-state index in [1.54, 1.807) is 29.1 Å². The lowest BCUT2D eigenvalue weighted by atomic mass is 10.00. The highest BCUT2D eigenvalue weighted by Gasteiger charge is 2.34. The van der Waals surface area contributed by atoms with Gasteiger partial charge in [0, 0.05) is 44.2 Å². The fourth-order valence-electron chi connectivity index (χ4n) is 4.62. The van der Waals surface area contributed by atoms with Gasteiger partial charge in [-0.1, -0.05) is 38.5 Å². The van der Waals surface area contributed by atoms with Crippen molar-refractivity contribution >= 4 is 11.9 Å². The molecule has 8 heteroatoms. The Hall–Kier alpha value is -2.79. The summed E-state index contributed by atoms with van der Waals surface area (Å²) >= 11 is 0. The van der Waals surface area contributed by atoms with E-state index in [2.05, 4.69) is 22.1 Å². The number of aromatic nitrogens is 1. The van der Waals surface area contributed by atoms with Gasteiger partial charge in [-0.25, -0.2) is 9.78 Å². The van der Waals surface area contributed by atoms with E-state index in [4.69, 9.17) is 4.74 Å². The van der Waals surface area contributed by atoms with Crippen molar-refractivity contribution in [3.05, 3.63) is 23.4 Å². The number of carbonyl (C=O) groups excluding carboxylic acids is 2. The maximum absolute atomic E-state index is 13.5. The lowest BCUT2D eigenvalue weighted by molar-refractivity contribution is 0.0352. The molecule has 0 aromatic carbocycles. The number of amides is 3. The second-order valence-electron chi connectivity index (χ2n) is 9.97. The van der Waals surface area contributed by atoms with Crippen LogP contribution in [0.25, 0.3) is 0 Å². The second-order valence-corrected chi connectivity index (χ2v) is 9.97. The van der Waals surface area contributed by atoms with Gasteiger partial charge in [-0.2, -0.15) is 0 Å². The highest BCUT2D eigenvalue weighted by molar-refractivity contribution is 5.97. The summed E-state index contributed by atoms with van der Waals surface area (Å²) in [5, 5.41) is 12.7. The maximum atomic E-state index is 13.5. The van der Waals surface area contributed by atoms with E-state index in [0.29, 0.717) is 36.7 Å². The molecule has 8 nitrogen and oxygen atoms in total. The zero-order valence-electron chi connectivity index (χ0n) is 21.5. The van der Waals surface area contributed by atoms with Gasteiger partial charge in [0.05, 0.1) is 19.2 Å². The van der Waals surface area contributed by atoms with Crippen molar-refractivity contribution in [1.29, 1.82) is 0 Å². The first kappa shape index (κ1) is 26.8. The van der Waals surface area contributed by atoms with Gasteiger partial charge < -0.3 is 25.0 Å². The summed E-state index contributed by atoms with van der Waals surface area (Å²) in [6, 6.07) is 1.22. The predicted molar refractivity (Wildman–Crippen MR) is 135 cm³/mol. The summed E-state index contributed by atoms with van der Waals surface area (Å²) in [5.74, 6) is 7.03. The van der Waals surface area contributed by atoms with Crippen molar-refractivity contribution in [3.8, 4) is 17.7 Å². The zero-order chi connectivity index (χ0) is 25.4. The van der Waals surface area contributed by atoms with Crippen molar-refractivity contribution in [2.24, 2.45) is 11.8 Å². The molecule has 0 saturated heterocycles. The number of hydrogen-bond acceptors (Lipinski definition) is 5. The lowest BCUT2D eigenvalue weighted by Crippen LogP contribution is -2.51. The topological polar surface area (TPSA) is 95.0 Å². The third kappa shape index (κ3) is 7.11. The number of aliphatic hydroxyl groups excluding tert-OH is 1. The van der Waals surface area contributed by atoms with Crippen molar-refractivity contribution < 1.29 is 19.4 Å². The molecule has 1 aliphatic heterocycles. The average Bonchev–Trinajstić information content (AvgIpc) is 3.37. The molecular weight excluding hydrogens is 444 g/mol. The predicted octanol–water partition coefficient (Wildman–Crippen LogP) is 3.28. The van der Waals surface area contributed by atoms with E-state index in [1.165, 1.54) is 25.7 Å². The molecule has 1 fully saturated rings. The Morgan fingerprint density at radius 1 is 1.40 bits per heavy atom. The van der Waals surface area contributed by atoms with Gasteiger partial charge in [0.25, 0.3) is 5.91 Å². The Labute approximate surface area is 209 Å². The average molecular weight is 485 g/mol. The number of hydrogen-bond donors (Lipinski definition) is 2. The van der Waals surface area contributed by atoms with Crippen LogP contribution < -0.4 is 10.1 Å². The molecule has 0 unspecified atom stereocenters. The molecular formula is C27H40N4O4. The van der Waals surface area contributed by atoms with Crippen molar-refractivity contribution in [3.63, 3.8) is 0 Å². The maximum Gasteiger partial charge on any atom is 0.317 e. The lowest BCUT2D eigenvalue weighted by Gasteiger charge is -2.37. The Kier molecular flexibility index (Phi) is 9.79. The Bertz CT molecular complexity index is 935. The van der Waals surface area contributed by atoms with Gasteiger partial charge in [0.2, 0.25) is 5.88 Å². The van der Waals surface area contributed by atoms with Crippen LogP contribution in [0, 0.1) is 23.7 Å². The van der Waals surface area contributed by atoms with Crippen LogP contribution >= 0.6 is 0 Å². The molecule has 1 aromatic heterocycles. The molecule has 3 amide bonds. The first-order valence-electron chi connectivity index (χ1n) is 12.9. The summed E-state index contributed by atoms with van der Waals surface area (Å²) < 4.78 is 6.26. The number of urea groups is 1. The molecule has 2 aliphatic rings. The molecule has 0 spiro atoms. The van der Waals surface area contributed by atoms with Gasteiger partial charge in [-0.05, 0) is 38.2 Å². The molecule has 1 aliphatic carbocycles. The largest absolute Gasteiger partial charge is 0.472 e. The number of likely N-dealkylation sites (N-methyl/N-ethyl adjacent to an activating group) is 1. The molecule has 2 N–H and O–H groups in total. The molecule has 192 valence electrons. The monoisotopic (exact) mass is 484 g/mol. The van der Waals surface area contributed by atoms with E-state index in [1.807, 2.05) is 20.8 Å². The number of carbonyl (C=O) groups is 2. The molecule has 1 aromatic rings. The van der Waals surface area contributed by atoms with E-state index >= 15 is 0 Å². The minimum Gasteiger partial charge on any atom is -0.472 e. The van der Waals surface area contributed by atoms with Crippen LogP contribution in [0.4, 0.5) is 4.79 Å². The van der Waals surface area contributed by atoms with Crippen LogP contribution in [0.1, 0.15) is 75.2 Å². The number of nitrogens with zero attached hydrogens (tertiary/aromatic N) is 3. The smallest absolute Gasteiger partial charge is 0.317 e. The molecule has 35 heavy (non-hydrogen) atoms. The number of rotatable bonds is 7. The summed E-state index contributed by atoms with van der Waals surface area (Å²) in [6.45, 7) is 7.01. The third-order valence-electron chi connectivity index (χ3n) is 6.95. The first-order chi connectivity index (χ1) is 16.8. The second kappa shape index (κ2) is 12.8. The summed E-state index contributed by atoms with van der Waals surface area (Å²) in [7, 11) is 1.73. The Balaban J connectivity index is 1.86. The summed E-state index contributed by atoms with van der Waals surface area (Å²) in [6.07, 6.45) is 8.04. The van der Waals surface area contributed by atoms with Crippen molar-refractivity contribution in [2.75, 3.05) is 33.3 Å². The van der Waals surface area contributed by atoms with E-state index in [-0.39, 0.29) is 42.5 Å². The van der Waals surface area contributed by atoms with Crippen LogP contribution in [0.3, 0.4) is 0 Å². The van der Waals surface area contributed by atoms with Gasteiger partial charge in [-0.15, -0.1) is 0 Å². The van der Waals surface area contributed by atoms with Gasteiger partial charge in [0.1, 0.15) is 11.7 Å². The Morgan fingerprint density at radius 3 is 2.83 bits per heavy atom. The van der Waals surface area contributed by atoms with Crippen LogP contribution in [0.5, 0.6) is 5.88 Å². The number of ether oxygens (including phenoxy) is 1. The van der Waals surface area contributed by atoms with Gasteiger partial charge in [-0.3, -0.25) is 4.79 Å². The van der Waals surface area contributed by atoms with Gasteiger partial charge in [0.15, 0.2) is 0 Å². The first-order valence-corrected chi connectivity index (χ1v) is 12.9. The number of aliphatic hydroxyl groups is 1. The van der Waals surface area contributed by atoms with Crippen LogP contribution in [-0.2, 0) is 0 Å². The van der Waals surface area contributed by atoms with Crippen molar-refractivity contribution in [2.45, 2.75) is 71.4 Å². The zero-order valence-corrected chi connectivity index (χ0v) is 21.5. The SMILES string of the molecule is CCCNC(=O)N(C)C[C@H]1Oc2ncc(C#CCC3CCCC3)cc2C(=O)N([C@H](C)CO)C[C@@H]1C. The van der Waals surface area contributed by atoms with Crippen molar-refractivity contribution in [1.82, 2.24) is 20.1 Å². The molecule has 1 saturated carbocycles. The van der Waals surface area contributed by atoms with Gasteiger partial charge >= 0.3 is 6.03 Å². The molecule has 2 heterocycles. The minimum absolute atomic E-state index is 0.0878. The molecule has 0 bridgehead atoms. The highest BCUT2D eigenvalue weighted by atomic mass is 16.5. The number of fused-ring (bicyclic) bond motifs is 1. The standard InChI is InChI=1S/C27H40N4O4/c1-5-13-28-27(34)30(4)17-24-19(2)16-31(20(3)18-32)26(33)23-14-22(15-29-25(23)35-24)12-8-11-21-9-6-7-10-21/h14-15,19-21,24,32H,5-7,9-11,13,16-18H2,1-4H3,(H,28,34)/t19-,20+,24+/m0/s1. The molecule has 3 rings (SSSR count). The van der Waals surface area contributed by atoms with E-state index in [0.717, 1.165) is 12.8 Å². The quantitative estimate of drug-likeness (QED) is 0.579. The van der Waals surface area contributed by atoms with Crippen LogP contribution in [0.15, 0.2) is 12.3 Å². The van der Waals surface area contributed by atoms with E-state index < -0.39 is 0 Å². The van der Waals surface area contributed by atoms with E-state index in [9.17, 15) is 14.7 Å². The summed E-state index contributed by atoms with van der Waals surface area (Å²) in [5.41, 5.74) is 1.02. The van der Waals surface area contributed by atoms with Crippen LogP contribution in [0.2, 0.25) is 0 Å². The normalized spacial score (nSPS) is 21.2. The summed E-state index contributed by atoms with van der Waals surface area (Å²) in [4.78, 5) is 33.7. The molecule has 3 atom stereocenters. The highest BCUT2D eigenvalue weighted by Crippen LogP contribution is 2.28.